The van der Waals surface area contributed by atoms with Crippen LogP contribution in [0.4, 0.5) is 5.82 Å². The molecule has 1 heterocycles. The highest BCUT2D eigenvalue weighted by Gasteiger charge is 2.20. The van der Waals surface area contributed by atoms with Gasteiger partial charge in [0, 0.05) is 5.56 Å². The van der Waals surface area contributed by atoms with Gasteiger partial charge in [0.15, 0.2) is 11.8 Å². The van der Waals surface area contributed by atoms with Crippen molar-refractivity contribution in [2.24, 2.45) is 0 Å². The predicted molar refractivity (Wildman–Crippen MR) is 94.6 cm³/mol. The lowest BCUT2D eigenvalue weighted by Gasteiger charge is -2.14. The molecule has 0 spiro atoms. The zero-order valence-corrected chi connectivity index (χ0v) is 14.4. The van der Waals surface area contributed by atoms with E-state index in [0.717, 1.165) is 11.1 Å². The Morgan fingerprint density at radius 2 is 1.88 bits per heavy atom. The number of carbonyl (C=O) groups is 1. The number of rotatable bonds is 5. The van der Waals surface area contributed by atoms with Crippen molar-refractivity contribution in [3.63, 3.8) is 0 Å². The van der Waals surface area contributed by atoms with E-state index in [4.69, 9.17) is 21.0 Å². The maximum Gasteiger partial charge on any atom is 0.266 e. The number of nitrogens with zero attached hydrogens (tertiary/aromatic N) is 2. The number of aromatic nitrogens is 2. The van der Waals surface area contributed by atoms with Gasteiger partial charge in [-0.15, -0.1) is 0 Å². The summed E-state index contributed by atoms with van der Waals surface area (Å²) in [5.41, 5.74) is 2.37. The van der Waals surface area contributed by atoms with Crippen LogP contribution in [0.25, 0.3) is 11.3 Å². The number of ether oxygens (including phenoxy) is 1. The van der Waals surface area contributed by atoms with Crippen molar-refractivity contribution in [1.29, 1.82) is 0 Å². The number of carbonyl (C=O) groups excluding carboxylic acids is 1. The molecule has 0 aliphatic carbocycles. The van der Waals surface area contributed by atoms with Crippen LogP contribution in [0.15, 0.2) is 53.2 Å². The molecule has 0 saturated carbocycles. The fourth-order valence-corrected chi connectivity index (χ4v) is 2.35. The van der Waals surface area contributed by atoms with Crippen LogP contribution in [-0.2, 0) is 4.79 Å². The third-order valence-electron chi connectivity index (χ3n) is 3.56. The Bertz CT molecular complexity index is 877. The normalized spacial score (nSPS) is 11.8. The first-order valence-corrected chi connectivity index (χ1v) is 8.04. The standard InChI is InChI=1S/C18H16ClN3O3/c1-11-7-9-13(10-8-11)16-17(22-25-21-16)20-18(23)12(2)24-15-6-4-3-5-14(15)19/h3-10,12H,1-2H3,(H,20,22,23)/t12-/m0/s1. The van der Waals surface area contributed by atoms with Crippen molar-refractivity contribution in [1.82, 2.24) is 10.3 Å². The van der Waals surface area contributed by atoms with Crippen LogP contribution in [0.2, 0.25) is 5.02 Å². The van der Waals surface area contributed by atoms with Gasteiger partial charge in [0.2, 0.25) is 5.82 Å². The lowest BCUT2D eigenvalue weighted by atomic mass is 10.1. The number of aryl methyl sites for hydroxylation is 1. The second-order valence-electron chi connectivity index (χ2n) is 5.51. The highest BCUT2D eigenvalue weighted by Crippen LogP contribution is 2.26. The summed E-state index contributed by atoms with van der Waals surface area (Å²) in [4.78, 5) is 12.4. The van der Waals surface area contributed by atoms with Gasteiger partial charge < -0.3 is 10.1 Å². The summed E-state index contributed by atoms with van der Waals surface area (Å²) in [6.07, 6.45) is -0.775. The summed E-state index contributed by atoms with van der Waals surface area (Å²) >= 11 is 6.04. The van der Waals surface area contributed by atoms with Gasteiger partial charge in [0.05, 0.1) is 5.02 Å². The van der Waals surface area contributed by atoms with E-state index in [1.165, 1.54) is 0 Å². The second kappa shape index (κ2) is 7.36. The minimum Gasteiger partial charge on any atom is -0.479 e. The molecule has 7 heteroatoms. The molecule has 0 aliphatic heterocycles. The highest BCUT2D eigenvalue weighted by molar-refractivity contribution is 6.32. The summed E-state index contributed by atoms with van der Waals surface area (Å²) in [5.74, 6) is 0.288. The minimum atomic E-state index is -0.775. The average molecular weight is 358 g/mol. The summed E-state index contributed by atoms with van der Waals surface area (Å²) in [5, 5.41) is 10.7. The van der Waals surface area contributed by atoms with Gasteiger partial charge in [-0.1, -0.05) is 53.6 Å². The number of anilines is 1. The molecule has 0 fully saturated rings. The summed E-state index contributed by atoms with van der Waals surface area (Å²) in [7, 11) is 0. The van der Waals surface area contributed by atoms with Crippen molar-refractivity contribution in [3.05, 3.63) is 59.1 Å². The third-order valence-corrected chi connectivity index (χ3v) is 3.88. The lowest BCUT2D eigenvalue weighted by molar-refractivity contribution is -0.122. The van der Waals surface area contributed by atoms with E-state index in [-0.39, 0.29) is 11.7 Å². The maximum atomic E-state index is 12.4. The zero-order valence-electron chi connectivity index (χ0n) is 13.7. The molecule has 0 unspecified atom stereocenters. The summed E-state index contributed by atoms with van der Waals surface area (Å²) in [6, 6.07) is 14.6. The van der Waals surface area contributed by atoms with E-state index in [1.807, 2.05) is 31.2 Å². The van der Waals surface area contributed by atoms with Crippen molar-refractivity contribution in [2.75, 3.05) is 5.32 Å². The minimum absolute atomic E-state index is 0.239. The SMILES string of the molecule is Cc1ccc(-c2nonc2NC(=O)[C@H](C)Oc2ccccc2Cl)cc1. The molecular formula is C18H16ClN3O3. The molecular weight excluding hydrogens is 342 g/mol. The van der Waals surface area contributed by atoms with Crippen LogP contribution in [-0.4, -0.2) is 22.3 Å². The first kappa shape index (κ1) is 17.0. The molecule has 0 bridgehead atoms. The Kier molecular flexibility index (Phi) is 5.00. The van der Waals surface area contributed by atoms with Crippen molar-refractivity contribution in [2.45, 2.75) is 20.0 Å². The van der Waals surface area contributed by atoms with Crippen LogP contribution in [0.1, 0.15) is 12.5 Å². The number of hydrogen-bond donors (Lipinski definition) is 1. The number of hydrogen-bond acceptors (Lipinski definition) is 5. The molecule has 0 aliphatic rings. The van der Waals surface area contributed by atoms with Gasteiger partial charge in [0.1, 0.15) is 5.75 Å². The number of halogens is 1. The van der Waals surface area contributed by atoms with Crippen LogP contribution in [0.5, 0.6) is 5.75 Å². The van der Waals surface area contributed by atoms with Gasteiger partial charge in [0.25, 0.3) is 5.91 Å². The largest absolute Gasteiger partial charge is 0.479 e. The van der Waals surface area contributed by atoms with Crippen LogP contribution in [0, 0.1) is 6.92 Å². The molecule has 1 amide bonds. The van der Waals surface area contributed by atoms with Crippen molar-refractivity contribution < 1.29 is 14.2 Å². The maximum absolute atomic E-state index is 12.4. The molecule has 0 saturated heterocycles. The van der Waals surface area contributed by atoms with Gasteiger partial charge in [-0.05, 0) is 36.3 Å². The highest BCUT2D eigenvalue weighted by atomic mass is 35.5. The molecule has 2 aromatic carbocycles. The first-order chi connectivity index (χ1) is 12.0. The Morgan fingerprint density at radius 3 is 2.60 bits per heavy atom. The predicted octanol–water partition coefficient (Wildman–Crippen LogP) is 4.10. The zero-order chi connectivity index (χ0) is 17.8. The molecule has 25 heavy (non-hydrogen) atoms. The smallest absolute Gasteiger partial charge is 0.266 e. The van der Waals surface area contributed by atoms with E-state index in [2.05, 4.69) is 15.6 Å². The van der Waals surface area contributed by atoms with E-state index >= 15 is 0 Å². The van der Waals surface area contributed by atoms with Crippen LogP contribution >= 0.6 is 11.6 Å². The molecule has 3 rings (SSSR count). The lowest BCUT2D eigenvalue weighted by Crippen LogP contribution is -2.30. The second-order valence-corrected chi connectivity index (χ2v) is 5.91. The van der Waals surface area contributed by atoms with E-state index in [1.54, 1.807) is 31.2 Å². The summed E-state index contributed by atoms with van der Waals surface area (Å²) < 4.78 is 10.4. The van der Waals surface area contributed by atoms with Crippen molar-refractivity contribution in [3.8, 4) is 17.0 Å². The van der Waals surface area contributed by atoms with E-state index in [9.17, 15) is 4.79 Å². The molecule has 3 aromatic rings. The molecule has 1 atom stereocenters. The Morgan fingerprint density at radius 1 is 1.16 bits per heavy atom. The number of benzene rings is 2. The first-order valence-electron chi connectivity index (χ1n) is 7.66. The van der Waals surface area contributed by atoms with Crippen LogP contribution < -0.4 is 10.1 Å². The molecule has 6 nitrogen and oxygen atoms in total. The average Bonchev–Trinajstić information content (AvgIpc) is 3.05. The van der Waals surface area contributed by atoms with Crippen molar-refractivity contribution >= 4 is 23.3 Å². The topological polar surface area (TPSA) is 77.3 Å². The number of para-hydroxylation sites is 1. The van der Waals surface area contributed by atoms with Gasteiger partial charge >= 0.3 is 0 Å². The van der Waals surface area contributed by atoms with Gasteiger partial charge in [-0.3, -0.25) is 4.79 Å². The molecule has 0 radical (unpaired) electrons. The van der Waals surface area contributed by atoms with Gasteiger partial charge in [-0.2, -0.15) is 0 Å². The Balaban J connectivity index is 1.72. The van der Waals surface area contributed by atoms with E-state index < -0.39 is 6.10 Å². The molecule has 1 aromatic heterocycles. The number of nitrogens with one attached hydrogen (secondary N) is 1. The summed E-state index contributed by atoms with van der Waals surface area (Å²) in [6.45, 7) is 3.61. The molecule has 1 N–H and O–H groups in total. The van der Waals surface area contributed by atoms with E-state index in [0.29, 0.717) is 16.5 Å². The third kappa shape index (κ3) is 3.97. The number of amides is 1. The Labute approximate surface area is 149 Å². The van der Waals surface area contributed by atoms with Gasteiger partial charge in [-0.25, -0.2) is 4.63 Å². The Hall–Kier alpha value is -2.86. The quantitative estimate of drug-likeness (QED) is 0.743. The van der Waals surface area contributed by atoms with Crippen LogP contribution in [0.3, 0.4) is 0 Å². The fraction of sp³-hybridized carbons (Fsp3) is 0.167. The fourth-order valence-electron chi connectivity index (χ4n) is 2.17. The molecule has 128 valence electrons. The monoisotopic (exact) mass is 357 g/mol.